The van der Waals surface area contributed by atoms with Gasteiger partial charge in [0.1, 0.15) is 11.6 Å². The molecule has 0 radical (unpaired) electrons. The number of aromatic nitrogens is 1. The van der Waals surface area contributed by atoms with Crippen LogP contribution in [0.4, 0.5) is 5.82 Å². The molecule has 0 unspecified atom stereocenters. The van der Waals surface area contributed by atoms with Gasteiger partial charge >= 0.3 is 0 Å². The van der Waals surface area contributed by atoms with Crippen molar-refractivity contribution < 1.29 is 9.47 Å². The normalized spacial score (nSPS) is 15.3. The maximum Gasteiger partial charge on any atom is 0.137 e. The lowest BCUT2D eigenvalue weighted by Crippen LogP contribution is -2.53. The number of nitrogens with zero attached hydrogens (tertiary/aromatic N) is 3. The van der Waals surface area contributed by atoms with E-state index in [0.29, 0.717) is 0 Å². The number of rotatable bonds is 6. The van der Waals surface area contributed by atoms with Gasteiger partial charge in [0.05, 0.1) is 18.9 Å². The number of pyridine rings is 1. The lowest BCUT2D eigenvalue weighted by molar-refractivity contribution is -0.0835. The fourth-order valence-electron chi connectivity index (χ4n) is 2.84. The fourth-order valence-corrected chi connectivity index (χ4v) is 2.84. The Bertz CT molecular complexity index is 493. The van der Waals surface area contributed by atoms with E-state index in [1.807, 2.05) is 39.8 Å². The molecule has 0 bridgehead atoms. The van der Waals surface area contributed by atoms with E-state index < -0.39 is 0 Å². The van der Waals surface area contributed by atoms with Crippen molar-refractivity contribution in [1.82, 2.24) is 9.88 Å². The summed E-state index contributed by atoms with van der Waals surface area (Å²) in [6.45, 7) is 22.1. The number of piperazine rings is 1. The number of methoxy groups -OCH3 is 2. The van der Waals surface area contributed by atoms with Crippen LogP contribution in [0.5, 0.6) is 5.75 Å². The highest BCUT2D eigenvalue weighted by atomic mass is 16.5. The SMILES string of the molecule is CC.CC.COc1ccc(N2CCN(CC(C)(C)C(C)(C)OC)CC2)nc1. The van der Waals surface area contributed by atoms with Crippen LogP contribution in [0.2, 0.25) is 0 Å². The van der Waals surface area contributed by atoms with E-state index >= 15 is 0 Å². The highest BCUT2D eigenvalue weighted by Gasteiger charge is 2.38. The van der Waals surface area contributed by atoms with E-state index in [1.54, 1.807) is 20.4 Å². The Hall–Kier alpha value is -1.33. The minimum atomic E-state index is -0.137. The summed E-state index contributed by atoms with van der Waals surface area (Å²) < 4.78 is 10.9. The van der Waals surface area contributed by atoms with E-state index in [4.69, 9.17) is 9.47 Å². The Morgan fingerprint density at radius 1 is 0.926 bits per heavy atom. The van der Waals surface area contributed by atoms with Crippen molar-refractivity contribution in [2.45, 2.75) is 61.0 Å². The summed E-state index contributed by atoms with van der Waals surface area (Å²) in [5.74, 6) is 1.83. The van der Waals surface area contributed by atoms with Crippen molar-refractivity contribution in [3.05, 3.63) is 18.3 Å². The predicted molar refractivity (Wildman–Crippen MR) is 117 cm³/mol. The van der Waals surface area contributed by atoms with Crippen molar-refractivity contribution in [1.29, 1.82) is 0 Å². The molecule has 1 aromatic heterocycles. The minimum absolute atomic E-state index is 0.0995. The van der Waals surface area contributed by atoms with Crippen LogP contribution in [0.1, 0.15) is 55.4 Å². The molecule has 1 aliphatic rings. The molecule has 0 saturated carbocycles. The molecule has 2 heterocycles. The molecule has 1 saturated heterocycles. The molecule has 1 aromatic rings. The zero-order chi connectivity index (χ0) is 21.1. The van der Waals surface area contributed by atoms with Gasteiger partial charge in [-0.2, -0.15) is 0 Å². The maximum atomic E-state index is 5.70. The third kappa shape index (κ3) is 7.30. The number of hydrogen-bond acceptors (Lipinski definition) is 5. The van der Waals surface area contributed by atoms with Gasteiger partial charge in [-0.1, -0.05) is 41.5 Å². The summed E-state index contributed by atoms with van der Waals surface area (Å²) in [4.78, 5) is 9.35. The summed E-state index contributed by atoms with van der Waals surface area (Å²) >= 11 is 0. The van der Waals surface area contributed by atoms with E-state index in [-0.39, 0.29) is 11.0 Å². The standard InChI is InChI=1S/C18H31N3O2.2C2H6/c1-17(2,18(3,4)23-6)14-20-9-11-21(12-10-20)16-8-7-15(22-5)13-19-16;2*1-2/h7-8,13H,9-12,14H2,1-6H3;2*1-2H3. The quantitative estimate of drug-likeness (QED) is 0.713. The third-order valence-corrected chi connectivity index (χ3v) is 5.41. The van der Waals surface area contributed by atoms with Crippen molar-refractivity contribution >= 4 is 5.82 Å². The maximum absolute atomic E-state index is 5.70. The first-order valence-corrected chi connectivity index (χ1v) is 10.3. The van der Waals surface area contributed by atoms with Crippen LogP contribution in [-0.2, 0) is 4.74 Å². The molecule has 5 heteroatoms. The van der Waals surface area contributed by atoms with Crippen LogP contribution < -0.4 is 9.64 Å². The lowest BCUT2D eigenvalue weighted by atomic mass is 9.76. The summed E-state index contributed by atoms with van der Waals surface area (Å²) in [6, 6.07) is 4.01. The summed E-state index contributed by atoms with van der Waals surface area (Å²) in [5.41, 5.74) is -0.0377. The minimum Gasteiger partial charge on any atom is -0.495 e. The average molecular weight is 382 g/mol. The highest BCUT2D eigenvalue weighted by Crippen LogP contribution is 2.34. The molecule has 0 spiro atoms. The van der Waals surface area contributed by atoms with E-state index in [0.717, 1.165) is 44.3 Å². The topological polar surface area (TPSA) is 37.8 Å². The van der Waals surface area contributed by atoms with Crippen LogP contribution in [0, 0.1) is 5.41 Å². The van der Waals surface area contributed by atoms with Gasteiger partial charge in [0.15, 0.2) is 0 Å². The Labute approximate surface area is 168 Å². The number of hydrogen-bond donors (Lipinski definition) is 0. The highest BCUT2D eigenvalue weighted by molar-refractivity contribution is 5.41. The van der Waals surface area contributed by atoms with E-state index in [1.165, 1.54) is 0 Å². The third-order valence-electron chi connectivity index (χ3n) is 5.41. The van der Waals surface area contributed by atoms with Crippen LogP contribution in [-0.4, -0.2) is 62.4 Å². The van der Waals surface area contributed by atoms with E-state index in [2.05, 4.69) is 42.5 Å². The average Bonchev–Trinajstić information content (AvgIpc) is 2.71. The molecule has 1 fully saturated rings. The van der Waals surface area contributed by atoms with Gasteiger partial charge in [0.2, 0.25) is 0 Å². The van der Waals surface area contributed by atoms with Crippen molar-refractivity contribution in [2.75, 3.05) is 51.8 Å². The summed E-state index contributed by atoms with van der Waals surface area (Å²) in [5, 5.41) is 0. The summed E-state index contributed by atoms with van der Waals surface area (Å²) in [6.07, 6.45) is 1.78. The van der Waals surface area contributed by atoms with Crippen LogP contribution in [0.25, 0.3) is 0 Å². The van der Waals surface area contributed by atoms with Gasteiger partial charge in [0.25, 0.3) is 0 Å². The molecule has 0 N–H and O–H groups in total. The Balaban J connectivity index is 0.00000158. The fraction of sp³-hybridized carbons (Fsp3) is 0.773. The zero-order valence-corrected chi connectivity index (χ0v) is 19.4. The van der Waals surface area contributed by atoms with Crippen LogP contribution in [0.15, 0.2) is 18.3 Å². The first kappa shape index (κ1) is 25.7. The van der Waals surface area contributed by atoms with Gasteiger partial charge in [-0.25, -0.2) is 4.98 Å². The van der Waals surface area contributed by atoms with Gasteiger partial charge in [-0.3, -0.25) is 4.90 Å². The van der Waals surface area contributed by atoms with Crippen molar-refractivity contribution in [3.8, 4) is 5.75 Å². The van der Waals surface area contributed by atoms with Gasteiger partial charge in [0, 0.05) is 45.2 Å². The molecular formula is C22H43N3O2. The van der Waals surface area contributed by atoms with Crippen LogP contribution >= 0.6 is 0 Å². The largest absolute Gasteiger partial charge is 0.495 e. The smallest absolute Gasteiger partial charge is 0.137 e. The molecule has 5 nitrogen and oxygen atoms in total. The molecule has 1 aliphatic heterocycles. The number of ether oxygens (including phenoxy) is 2. The monoisotopic (exact) mass is 381 g/mol. The predicted octanol–water partition coefficient (Wildman–Crippen LogP) is 4.72. The Morgan fingerprint density at radius 2 is 1.48 bits per heavy atom. The molecule has 0 aromatic carbocycles. The molecule has 0 aliphatic carbocycles. The molecule has 158 valence electrons. The molecule has 0 amide bonds. The molecular weight excluding hydrogens is 338 g/mol. The van der Waals surface area contributed by atoms with Gasteiger partial charge in [-0.05, 0) is 26.0 Å². The second kappa shape index (κ2) is 12.2. The van der Waals surface area contributed by atoms with E-state index in [9.17, 15) is 0 Å². The van der Waals surface area contributed by atoms with Crippen molar-refractivity contribution in [2.24, 2.45) is 5.41 Å². The second-order valence-corrected chi connectivity index (χ2v) is 7.42. The Kier molecular flexibility index (Phi) is 11.6. The number of anilines is 1. The molecule has 2 rings (SSSR count). The zero-order valence-electron chi connectivity index (χ0n) is 19.4. The molecule has 27 heavy (non-hydrogen) atoms. The van der Waals surface area contributed by atoms with Gasteiger partial charge in [-0.15, -0.1) is 0 Å². The lowest BCUT2D eigenvalue weighted by Gasteiger charge is -2.45. The first-order valence-electron chi connectivity index (χ1n) is 10.3. The first-order chi connectivity index (χ1) is 12.8. The van der Waals surface area contributed by atoms with Crippen molar-refractivity contribution in [3.63, 3.8) is 0 Å². The molecule has 0 atom stereocenters. The van der Waals surface area contributed by atoms with Crippen LogP contribution in [0.3, 0.4) is 0 Å². The summed E-state index contributed by atoms with van der Waals surface area (Å²) in [7, 11) is 3.47. The Morgan fingerprint density at radius 3 is 1.89 bits per heavy atom. The second-order valence-electron chi connectivity index (χ2n) is 7.42. The van der Waals surface area contributed by atoms with Gasteiger partial charge < -0.3 is 14.4 Å².